The number of amides is 2. The first-order valence-corrected chi connectivity index (χ1v) is 16.8. The van der Waals surface area contributed by atoms with Gasteiger partial charge in [-0.3, -0.25) is 9.59 Å². The molecule has 0 heterocycles. The third-order valence-electron chi connectivity index (χ3n) is 8.83. The van der Waals surface area contributed by atoms with Crippen LogP contribution < -0.4 is 5.32 Å². The molecule has 0 unspecified atom stereocenters. The van der Waals surface area contributed by atoms with Gasteiger partial charge in [0, 0.05) is 24.1 Å². The molecule has 224 valence electrons. The van der Waals surface area contributed by atoms with Crippen molar-refractivity contribution < 1.29 is 19.5 Å². The van der Waals surface area contributed by atoms with E-state index in [0.717, 1.165) is 47.9 Å². The van der Waals surface area contributed by atoms with Crippen molar-refractivity contribution in [1.82, 2.24) is 10.2 Å². The van der Waals surface area contributed by atoms with Crippen molar-refractivity contribution >= 4 is 48.4 Å². The van der Waals surface area contributed by atoms with Gasteiger partial charge >= 0.3 is 24.8 Å². The van der Waals surface area contributed by atoms with Crippen LogP contribution in [0.2, 0.25) is 0 Å². The molecule has 0 saturated heterocycles. The Labute approximate surface area is 268 Å². The van der Waals surface area contributed by atoms with Gasteiger partial charge in [-0.25, -0.2) is 4.79 Å². The van der Waals surface area contributed by atoms with E-state index < -0.39 is 12.0 Å². The third-order valence-corrected chi connectivity index (χ3v) is 9.47. The summed E-state index contributed by atoms with van der Waals surface area (Å²) in [5.74, 6) is -0.505. The maximum atomic E-state index is 13.8. The average molecular weight is 587 g/mol. The van der Waals surface area contributed by atoms with Crippen molar-refractivity contribution in [3.63, 3.8) is 0 Å². The zero-order chi connectivity index (χ0) is 29.2. The van der Waals surface area contributed by atoms with Gasteiger partial charge in [0.15, 0.2) is 0 Å². The Morgan fingerprint density at radius 1 is 0.929 bits per heavy atom. The molecule has 0 radical (unpaired) electrons. The van der Waals surface area contributed by atoms with Crippen molar-refractivity contribution in [3.8, 4) is 11.1 Å². The van der Waals surface area contributed by atoms with Gasteiger partial charge in [0.05, 0.1) is 0 Å². The molecule has 2 saturated carbocycles. The number of carbonyl (C=O) groups is 3. The summed E-state index contributed by atoms with van der Waals surface area (Å²) in [7, 11) is 0. The number of carbonyl (C=O) groups excluding carboxylic acids is 2. The Kier molecular flexibility index (Phi) is 14.0. The quantitative estimate of drug-likeness (QED) is 0.282. The first-order chi connectivity index (χ1) is 19.9. The van der Waals surface area contributed by atoms with Gasteiger partial charge in [0.25, 0.3) is 5.91 Å². The molecule has 0 aliphatic heterocycles. The van der Waals surface area contributed by atoms with Crippen LogP contribution in [0.5, 0.6) is 0 Å². The van der Waals surface area contributed by atoms with Crippen LogP contribution in [0.15, 0.2) is 42.5 Å². The Morgan fingerprint density at radius 3 is 2.12 bits per heavy atom. The van der Waals surface area contributed by atoms with E-state index in [1.807, 2.05) is 49.6 Å². The number of carboxylic acids is 1. The van der Waals surface area contributed by atoms with Crippen molar-refractivity contribution in [3.05, 3.63) is 59.2 Å². The fraction of sp³-hybridized carbons (Fsp3) is 0.559. The Balaban J connectivity index is 0.00000484. The second kappa shape index (κ2) is 17.2. The molecule has 6 nitrogen and oxygen atoms in total. The Bertz CT molecular complexity index is 1180. The van der Waals surface area contributed by atoms with Crippen molar-refractivity contribution in [2.24, 2.45) is 0 Å². The molecule has 42 heavy (non-hydrogen) atoms. The molecule has 2 fully saturated rings. The molecule has 2 aliphatic carbocycles. The van der Waals surface area contributed by atoms with E-state index in [9.17, 15) is 19.5 Å². The van der Waals surface area contributed by atoms with Gasteiger partial charge in [-0.2, -0.15) is 11.8 Å². The van der Waals surface area contributed by atoms with Gasteiger partial charge in [-0.05, 0) is 85.8 Å². The first kappa shape index (κ1) is 34.3. The van der Waals surface area contributed by atoms with E-state index in [4.69, 9.17) is 0 Å². The van der Waals surface area contributed by atoms with Gasteiger partial charge in [-0.15, -0.1) is 0 Å². The molecule has 0 aromatic heterocycles. The first-order valence-electron chi connectivity index (χ1n) is 15.4. The summed E-state index contributed by atoms with van der Waals surface area (Å²) in [6.45, 7) is 2.01. The molecule has 2 aromatic carbocycles. The van der Waals surface area contributed by atoms with Crippen LogP contribution in [0.4, 0.5) is 0 Å². The SMILES string of the molecule is CSCC[C@H](NC(=O)c1ccc(CCC(=O)N(C2CCCCC2)C2CCCCC2)cc1-c1ccccc1C)C(=O)O.[LiH]. The normalized spacial score (nSPS) is 16.7. The van der Waals surface area contributed by atoms with Crippen LogP contribution >= 0.6 is 11.8 Å². The summed E-state index contributed by atoms with van der Waals surface area (Å²) >= 11 is 1.56. The summed E-state index contributed by atoms with van der Waals surface area (Å²) in [6.07, 6.45) is 15.2. The molecular formula is C34H47LiN2O4S. The average Bonchev–Trinajstić information content (AvgIpc) is 2.99. The molecule has 2 aliphatic rings. The molecule has 2 amide bonds. The monoisotopic (exact) mass is 586 g/mol. The van der Waals surface area contributed by atoms with E-state index in [1.54, 1.807) is 17.8 Å². The summed E-state index contributed by atoms with van der Waals surface area (Å²) in [5.41, 5.74) is 4.21. The number of benzene rings is 2. The number of hydrogen-bond donors (Lipinski definition) is 2. The molecule has 4 rings (SSSR count). The number of nitrogens with zero attached hydrogens (tertiary/aromatic N) is 1. The summed E-state index contributed by atoms with van der Waals surface area (Å²) in [6, 6.07) is 13.5. The molecule has 1 atom stereocenters. The van der Waals surface area contributed by atoms with Gasteiger partial charge in [0.1, 0.15) is 6.04 Å². The molecule has 2 aromatic rings. The number of thioether (sulfide) groups is 1. The zero-order valence-corrected chi connectivity index (χ0v) is 25.5. The number of rotatable bonds is 12. The second-order valence-electron chi connectivity index (χ2n) is 11.7. The zero-order valence-electron chi connectivity index (χ0n) is 24.7. The van der Waals surface area contributed by atoms with Gasteiger partial charge in [-0.1, -0.05) is 74.9 Å². The van der Waals surface area contributed by atoms with E-state index in [1.165, 1.54) is 38.5 Å². The number of hydrogen-bond acceptors (Lipinski definition) is 4. The molecule has 0 bridgehead atoms. The topological polar surface area (TPSA) is 86.7 Å². The van der Waals surface area contributed by atoms with Crippen LogP contribution in [0, 0.1) is 6.92 Å². The molecule has 0 spiro atoms. The third kappa shape index (κ3) is 9.15. The standard InChI is InChI=1S/C34H46N2O4S.Li.H/c1-24-11-9-10-16-28(24)30-23-25(17-19-29(30)33(38)35-31(34(39)40)21-22-41-2)18-20-32(37)36(26-12-5-3-6-13-26)27-14-7-4-8-15-27;;/h9-11,16-17,19,23,26-27,31H,3-8,12-15,18,20-22H2,1-2H3,(H,35,38)(H,39,40);;/t31-;;/m0../s1. The number of aliphatic carboxylic acids is 1. The van der Waals surface area contributed by atoms with Crippen LogP contribution in [0.3, 0.4) is 0 Å². The molecule has 8 heteroatoms. The summed E-state index contributed by atoms with van der Waals surface area (Å²) in [5, 5.41) is 12.4. The summed E-state index contributed by atoms with van der Waals surface area (Å²) in [4.78, 5) is 41.3. The molecule has 2 N–H and O–H groups in total. The maximum absolute atomic E-state index is 13.8. The second-order valence-corrected chi connectivity index (χ2v) is 12.7. The van der Waals surface area contributed by atoms with Gasteiger partial charge < -0.3 is 15.3 Å². The van der Waals surface area contributed by atoms with Crippen molar-refractivity contribution in [2.45, 2.75) is 109 Å². The van der Waals surface area contributed by atoms with E-state index in [2.05, 4.69) is 10.2 Å². The van der Waals surface area contributed by atoms with E-state index >= 15 is 0 Å². The van der Waals surface area contributed by atoms with E-state index in [-0.39, 0.29) is 30.7 Å². The Hall–Kier alpha value is -2.20. The predicted molar refractivity (Wildman–Crippen MR) is 175 cm³/mol. The van der Waals surface area contributed by atoms with Crippen molar-refractivity contribution in [2.75, 3.05) is 12.0 Å². The number of aryl methyl sites for hydroxylation is 2. The minimum absolute atomic E-state index is 0. The molecular weight excluding hydrogens is 539 g/mol. The minimum atomic E-state index is -1.03. The van der Waals surface area contributed by atoms with Gasteiger partial charge in [0.2, 0.25) is 5.91 Å². The summed E-state index contributed by atoms with van der Waals surface area (Å²) < 4.78 is 0. The fourth-order valence-electron chi connectivity index (χ4n) is 6.58. The Morgan fingerprint density at radius 2 is 1.55 bits per heavy atom. The number of nitrogens with one attached hydrogen (secondary N) is 1. The van der Waals surface area contributed by atoms with Crippen LogP contribution in [0.25, 0.3) is 11.1 Å². The predicted octanol–water partition coefficient (Wildman–Crippen LogP) is 6.38. The van der Waals surface area contributed by atoms with Crippen molar-refractivity contribution in [1.29, 1.82) is 0 Å². The van der Waals surface area contributed by atoms with Crippen LogP contribution in [-0.4, -0.2) is 76.8 Å². The fourth-order valence-corrected chi connectivity index (χ4v) is 7.05. The number of carboxylic acid groups (broad SMARTS) is 1. The van der Waals surface area contributed by atoms with Crippen LogP contribution in [-0.2, 0) is 16.0 Å². The van der Waals surface area contributed by atoms with E-state index in [0.29, 0.717) is 42.7 Å². The van der Waals surface area contributed by atoms with Crippen LogP contribution in [0.1, 0.15) is 98.5 Å².